The van der Waals surface area contributed by atoms with Crippen LogP contribution in [0.2, 0.25) is 0 Å². The number of carbonyl (C=O) groups is 1. The highest BCUT2D eigenvalue weighted by molar-refractivity contribution is 5.88. The second kappa shape index (κ2) is 4.76. The summed E-state index contributed by atoms with van der Waals surface area (Å²) in [6.07, 6.45) is 1.10. The number of hydrogen-bond acceptors (Lipinski definition) is 2. The summed E-state index contributed by atoms with van der Waals surface area (Å²) in [6, 6.07) is 17.8. The predicted molar refractivity (Wildman–Crippen MR) is 74.6 cm³/mol. The lowest BCUT2D eigenvalue weighted by Gasteiger charge is -2.07. The van der Waals surface area contributed by atoms with Crippen molar-refractivity contribution in [2.45, 2.75) is 18.4 Å². The first-order chi connectivity index (χ1) is 9.24. The summed E-state index contributed by atoms with van der Waals surface area (Å²) in [6.45, 7) is 0. The Bertz CT molecular complexity index is 595. The van der Waals surface area contributed by atoms with Gasteiger partial charge in [0, 0.05) is 17.6 Å². The summed E-state index contributed by atoms with van der Waals surface area (Å²) in [5.41, 5.74) is 2.54. The molecule has 1 aliphatic carbocycles. The Hall–Kier alpha value is -2.29. The minimum atomic E-state index is -0.890. The Kier molecular flexibility index (Phi) is 2.95. The monoisotopic (exact) mass is 253 g/mol. The average Bonchev–Trinajstić information content (AvgIpc) is 3.19. The van der Waals surface area contributed by atoms with E-state index >= 15 is 0 Å². The molecule has 96 valence electrons. The lowest BCUT2D eigenvalue weighted by molar-refractivity contribution is 0.0697. The molecule has 1 aliphatic rings. The SMILES string of the molecule is O=C(O)c1cccc(NC2CC2c2ccccc2)c1. The van der Waals surface area contributed by atoms with Gasteiger partial charge in [-0.2, -0.15) is 0 Å². The van der Waals surface area contributed by atoms with E-state index in [1.54, 1.807) is 18.2 Å². The van der Waals surface area contributed by atoms with Crippen LogP contribution in [0.15, 0.2) is 54.6 Å². The average molecular weight is 253 g/mol. The zero-order chi connectivity index (χ0) is 13.2. The van der Waals surface area contributed by atoms with Crippen LogP contribution < -0.4 is 5.32 Å². The number of anilines is 1. The molecule has 0 heterocycles. The van der Waals surface area contributed by atoms with Crippen LogP contribution in [0.1, 0.15) is 28.3 Å². The third-order valence-corrected chi connectivity index (χ3v) is 3.48. The molecule has 0 bridgehead atoms. The second-order valence-corrected chi connectivity index (χ2v) is 4.89. The molecule has 3 rings (SSSR count). The smallest absolute Gasteiger partial charge is 0.335 e. The maximum atomic E-state index is 10.9. The van der Waals surface area contributed by atoms with E-state index < -0.39 is 5.97 Å². The van der Waals surface area contributed by atoms with E-state index in [2.05, 4.69) is 29.6 Å². The summed E-state index contributed by atoms with van der Waals surface area (Å²) < 4.78 is 0. The van der Waals surface area contributed by atoms with Crippen LogP contribution in [0.5, 0.6) is 0 Å². The largest absolute Gasteiger partial charge is 0.478 e. The van der Waals surface area contributed by atoms with Crippen molar-refractivity contribution in [2.75, 3.05) is 5.32 Å². The number of hydrogen-bond donors (Lipinski definition) is 2. The fraction of sp³-hybridized carbons (Fsp3) is 0.188. The van der Waals surface area contributed by atoms with Gasteiger partial charge in [-0.05, 0) is 30.2 Å². The maximum absolute atomic E-state index is 10.9. The van der Waals surface area contributed by atoms with Gasteiger partial charge in [0.05, 0.1) is 5.56 Å². The highest BCUT2D eigenvalue weighted by Gasteiger charge is 2.38. The van der Waals surface area contributed by atoms with Gasteiger partial charge in [-0.1, -0.05) is 36.4 Å². The molecule has 3 nitrogen and oxygen atoms in total. The summed E-state index contributed by atoms with van der Waals surface area (Å²) in [5.74, 6) is -0.353. The van der Waals surface area contributed by atoms with Gasteiger partial charge >= 0.3 is 5.97 Å². The molecule has 0 spiro atoms. The summed E-state index contributed by atoms with van der Waals surface area (Å²) in [7, 11) is 0. The van der Waals surface area contributed by atoms with Crippen molar-refractivity contribution in [1.82, 2.24) is 0 Å². The maximum Gasteiger partial charge on any atom is 0.335 e. The molecule has 2 N–H and O–H groups in total. The summed E-state index contributed by atoms with van der Waals surface area (Å²) >= 11 is 0. The number of nitrogens with one attached hydrogen (secondary N) is 1. The van der Waals surface area contributed by atoms with Gasteiger partial charge in [0.1, 0.15) is 0 Å². The fourth-order valence-corrected chi connectivity index (χ4v) is 2.38. The topological polar surface area (TPSA) is 49.3 Å². The zero-order valence-corrected chi connectivity index (χ0v) is 10.4. The molecular formula is C16H15NO2. The van der Waals surface area contributed by atoms with Crippen molar-refractivity contribution in [2.24, 2.45) is 0 Å². The molecule has 2 aromatic carbocycles. The van der Waals surface area contributed by atoms with Gasteiger partial charge < -0.3 is 10.4 Å². The van der Waals surface area contributed by atoms with E-state index in [1.807, 2.05) is 12.1 Å². The number of benzene rings is 2. The van der Waals surface area contributed by atoms with Crippen LogP contribution in [0.4, 0.5) is 5.69 Å². The molecule has 0 radical (unpaired) electrons. The molecule has 2 aromatic rings. The Morgan fingerprint density at radius 3 is 2.63 bits per heavy atom. The highest BCUT2D eigenvalue weighted by Crippen LogP contribution is 2.42. The molecule has 1 fully saturated rings. The minimum absolute atomic E-state index is 0.321. The third kappa shape index (κ3) is 2.60. The summed E-state index contributed by atoms with van der Waals surface area (Å²) in [5, 5.41) is 12.4. The standard InChI is InChI=1S/C16H15NO2/c18-16(19)12-7-4-8-13(9-12)17-15-10-14(15)11-5-2-1-3-6-11/h1-9,14-15,17H,10H2,(H,18,19). The lowest BCUT2D eigenvalue weighted by Crippen LogP contribution is -2.05. The molecule has 1 saturated carbocycles. The first-order valence-corrected chi connectivity index (χ1v) is 6.39. The summed E-state index contributed by atoms with van der Waals surface area (Å²) in [4.78, 5) is 10.9. The van der Waals surface area contributed by atoms with Crippen molar-refractivity contribution >= 4 is 11.7 Å². The van der Waals surface area contributed by atoms with Gasteiger partial charge in [-0.15, -0.1) is 0 Å². The van der Waals surface area contributed by atoms with Crippen LogP contribution in [0.25, 0.3) is 0 Å². The van der Waals surface area contributed by atoms with Crippen molar-refractivity contribution in [3.63, 3.8) is 0 Å². The second-order valence-electron chi connectivity index (χ2n) is 4.89. The molecule has 0 aromatic heterocycles. The predicted octanol–water partition coefficient (Wildman–Crippen LogP) is 3.35. The Morgan fingerprint density at radius 2 is 1.89 bits per heavy atom. The molecule has 0 amide bonds. The lowest BCUT2D eigenvalue weighted by atomic mass is 10.1. The number of carboxylic acids is 1. The van der Waals surface area contributed by atoms with Crippen LogP contribution in [0.3, 0.4) is 0 Å². The fourth-order valence-electron chi connectivity index (χ4n) is 2.38. The normalized spacial score (nSPS) is 20.8. The molecular weight excluding hydrogens is 238 g/mol. The first-order valence-electron chi connectivity index (χ1n) is 6.39. The number of carboxylic acid groups (broad SMARTS) is 1. The molecule has 19 heavy (non-hydrogen) atoms. The van der Waals surface area contributed by atoms with Crippen LogP contribution in [0, 0.1) is 0 Å². The Morgan fingerprint density at radius 1 is 1.11 bits per heavy atom. The first kappa shape index (κ1) is 11.8. The van der Waals surface area contributed by atoms with E-state index in [9.17, 15) is 4.79 Å². The van der Waals surface area contributed by atoms with Crippen molar-refractivity contribution in [3.05, 3.63) is 65.7 Å². The van der Waals surface area contributed by atoms with E-state index in [4.69, 9.17) is 5.11 Å². The molecule has 2 atom stereocenters. The Balaban J connectivity index is 1.68. The van der Waals surface area contributed by atoms with Gasteiger partial charge in [-0.3, -0.25) is 0 Å². The van der Waals surface area contributed by atoms with E-state index in [-0.39, 0.29) is 0 Å². The van der Waals surface area contributed by atoms with Gasteiger partial charge in [-0.25, -0.2) is 4.79 Å². The molecule has 0 aliphatic heterocycles. The molecule has 0 saturated heterocycles. The Labute approximate surface area is 111 Å². The van der Waals surface area contributed by atoms with Crippen LogP contribution in [-0.4, -0.2) is 17.1 Å². The van der Waals surface area contributed by atoms with Crippen molar-refractivity contribution in [1.29, 1.82) is 0 Å². The van der Waals surface area contributed by atoms with Crippen molar-refractivity contribution < 1.29 is 9.90 Å². The van der Waals surface area contributed by atoms with E-state index in [0.29, 0.717) is 17.5 Å². The van der Waals surface area contributed by atoms with Gasteiger partial charge in [0.2, 0.25) is 0 Å². The minimum Gasteiger partial charge on any atom is -0.478 e. The number of aromatic carboxylic acids is 1. The van der Waals surface area contributed by atoms with Gasteiger partial charge in [0.15, 0.2) is 0 Å². The molecule has 3 heteroatoms. The van der Waals surface area contributed by atoms with E-state index in [1.165, 1.54) is 5.56 Å². The zero-order valence-electron chi connectivity index (χ0n) is 10.4. The third-order valence-electron chi connectivity index (χ3n) is 3.48. The van der Waals surface area contributed by atoms with Gasteiger partial charge in [0.25, 0.3) is 0 Å². The molecule has 2 unspecified atom stereocenters. The quantitative estimate of drug-likeness (QED) is 0.878. The van der Waals surface area contributed by atoms with E-state index in [0.717, 1.165) is 12.1 Å². The van der Waals surface area contributed by atoms with Crippen LogP contribution >= 0.6 is 0 Å². The number of rotatable bonds is 4. The van der Waals surface area contributed by atoms with Crippen LogP contribution in [-0.2, 0) is 0 Å². The highest BCUT2D eigenvalue weighted by atomic mass is 16.4. The van der Waals surface area contributed by atoms with Crippen molar-refractivity contribution in [3.8, 4) is 0 Å².